The van der Waals surface area contributed by atoms with Crippen LogP contribution in [0.25, 0.3) is 0 Å². The maximum absolute atomic E-state index is 5.11. The highest BCUT2D eigenvalue weighted by Gasteiger charge is 2.18. The Labute approximate surface area is 87.8 Å². The van der Waals surface area contributed by atoms with Crippen molar-refractivity contribution in [3.8, 4) is 0 Å². The first kappa shape index (κ1) is 12.0. The number of nitrogens with zero attached hydrogens (tertiary/aromatic N) is 1. The minimum absolute atomic E-state index is 0.608. The Morgan fingerprint density at radius 3 is 2.14 bits per heavy atom. The lowest BCUT2D eigenvalue weighted by atomic mass is 10.2. The predicted octanol–water partition coefficient (Wildman–Crippen LogP) is 1.09. The van der Waals surface area contributed by atoms with Gasteiger partial charge in [0.2, 0.25) is 0 Å². The second kappa shape index (κ2) is 5.69. The molecule has 3 heteroatoms. The maximum atomic E-state index is 5.11. The molecule has 0 amide bonds. The summed E-state index contributed by atoms with van der Waals surface area (Å²) in [7, 11) is 0. The average Bonchev–Trinajstić information content (AvgIpc) is 1.99. The van der Waals surface area contributed by atoms with Gasteiger partial charge >= 0.3 is 0 Å². The van der Waals surface area contributed by atoms with Crippen LogP contribution in [0.3, 0.4) is 0 Å². The Hall–Kier alpha value is -0.120. The first-order valence-electron chi connectivity index (χ1n) is 5.68. The molecule has 84 valence electrons. The van der Waals surface area contributed by atoms with E-state index >= 15 is 0 Å². The molecule has 1 aliphatic heterocycles. The molecule has 0 aromatic heterocycles. The Bertz CT molecular complexity index is 147. The van der Waals surface area contributed by atoms with Crippen molar-refractivity contribution in [3.63, 3.8) is 0 Å². The Morgan fingerprint density at radius 2 is 1.79 bits per heavy atom. The third-order valence-corrected chi connectivity index (χ3v) is 2.77. The van der Waals surface area contributed by atoms with Gasteiger partial charge in [-0.1, -0.05) is 0 Å². The van der Waals surface area contributed by atoms with E-state index in [0.717, 1.165) is 26.3 Å². The van der Waals surface area contributed by atoms with E-state index in [1.807, 2.05) is 0 Å². The van der Waals surface area contributed by atoms with Crippen LogP contribution in [0.15, 0.2) is 0 Å². The van der Waals surface area contributed by atoms with Crippen molar-refractivity contribution < 1.29 is 4.74 Å². The zero-order valence-corrected chi connectivity index (χ0v) is 9.92. The van der Waals surface area contributed by atoms with E-state index in [2.05, 4.69) is 37.9 Å². The molecule has 14 heavy (non-hydrogen) atoms. The summed E-state index contributed by atoms with van der Waals surface area (Å²) in [6.07, 6.45) is 0. The number of hydrogen-bond donors (Lipinski definition) is 1. The molecule has 0 atom stereocenters. The Balaban J connectivity index is 2.12. The fourth-order valence-corrected chi connectivity index (χ4v) is 1.86. The van der Waals surface area contributed by atoms with Gasteiger partial charge in [0.15, 0.2) is 0 Å². The molecule has 0 aromatic carbocycles. The second-order valence-electron chi connectivity index (χ2n) is 4.61. The van der Waals surface area contributed by atoms with Crippen LogP contribution in [0, 0.1) is 0 Å². The standard InChI is InChI=1S/C11H24N2O/c1-9(2)13(10(3)4)6-5-12-11-7-14-8-11/h9-12H,5-8H2,1-4H3. The first-order valence-corrected chi connectivity index (χ1v) is 5.68. The number of nitrogens with one attached hydrogen (secondary N) is 1. The van der Waals surface area contributed by atoms with Gasteiger partial charge < -0.3 is 10.1 Å². The van der Waals surface area contributed by atoms with Gasteiger partial charge in [0.1, 0.15) is 0 Å². The summed E-state index contributed by atoms with van der Waals surface area (Å²) in [5, 5.41) is 3.49. The van der Waals surface area contributed by atoms with Crippen LogP contribution in [0.1, 0.15) is 27.7 Å². The monoisotopic (exact) mass is 200 g/mol. The lowest BCUT2D eigenvalue weighted by Crippen LogP contribution is -2.49. The molecular weight excluding hydrogens is 176 g/mol. The van der Waals surface area contributed by atoms with Gasteiger partial charge in [-0.25, -0.2) is 0 Å². The summed E-state index contributed by atoms with van der Waals surface area (Å²) < 4.78 is 5.11. The zero-order chi connectivity index (χ0) is 10.6. The van der Waals surface area contributed by atoms with Crippen molar-refractivity contribution in [3.05, 3.63) is 0 Å². The highest BCUT2D eigenvalue weighted by Crippen LogP contribution is 2.04. The van der Waals surface area contributed by atoms with Gasteiger partial charge in [-0.15, -0.1) is 0 Å². The molecule has 0 aromatic rings. The number of ether oxygens (including phenoxy) is 1. The molecular formula is C11H24N2O. The summed E-state index contributed by atoms with van der Waals surface area (Å²) in [5.41, 5.74) is 0. The molecule has 0 bridgehead atoms. The van der Waals surface area contributed by atoms with Gasteiger partial charge in [-0.3, -0.25) is 4.90 Å². The van der Waals surface area contributed by atoms with Gasteiger partial charge in [0.05, 0.1) is 19.3 Å². The van der Waals surface area contributed by atoms with E-state index in [9.17, 15) is 0 Å². The van der Waals surface area contributed by atoms with Crippen molar-refractivity contribution in [2.45, 2.75) is 45.8 Å². The summed E-state index contributed by atoms with van der Waals surface area (Å²) in [6, 6.07) is 1.88. The van der Waals surface area contributed by atoms with Crippen LogP contribution in [-0.4, -0.2) is 49.3 Å². The molecule has 1 rings (SSSR count). The molecule has 0 saturated carbocycles. The molecule has 1 N–H and O–H groups in total. The quantitative estimate of drug-likeness (QED) is 0.695. The van der Waals surface area contributed by atoms with E-state index in [1.54, 1.807) is 0 Å². The summed E-state index contributed by atoms with van der Waals surface area (Å²) in [4.78, 5) is 2.51. The minimum atomic E-state index is 0.608. The van der Waals surface area contributed by atoms with Crippen molar-refractivity contribution in [1.82, 2.24) is 10.2 Å². The van der Waals surface area contributed by atoms with Crippen LogP contribution < -0.4 is 5.32 Å². The molecule has 1 heterocycles. The average molecular weight is 200 g/mol. The van der Waals surface area contributed by atoms with Crippen molar-refractivity contribution in [2.75, 3.05) is 26.3 Å². The Kier molecular flexibility index (Phi) is 4.85. The Morgan fingerprint density at radius 1 is 1.21 bits per heavy atom. The van der Waals surface area contributed by atoms with Gasteiger partial charge in [0.25, 0.3) is 0 Å². The van der Waals surface area contributed by atoms with Crippen LogP contribution in [0.2, 0.25) is 0 Å². The van der Waals surface area contributed by atoms with Crippen LogP contribution in [-0.2, 0) is 4.74 Å². The highest BCUT2D eigenvalue weighted by molar-refractivity contribution is 4.75. The minimum Gasteiger partial charge on any atom is -0.378 e. The normalized spacial score (nSPS) is 18.2. The van der Waals surface area contributed by atoms with Gasteiger partial charge in [-0.2, -0.15) is 0 Å². The van der Waals surface area contributed by atoms with Crippen molar-refractivity contribution >= 4 is 0 Å². The first-order chi connectivity index (χ1) is 6.61. The molecule has 1 aliphatic rings. The highest BCUT2D eigenvalue weighted by atomic mass is 16.5. The molecule has 0 aliphatic carbocycles. The van der Waals surface area contributed by atoms with Crippen molar-refractivity contribution in [2.24, 2.45) is 0 Å². The molecule has 1 fully saturated rings. The van der Waals surface area contributed by atoms with Gasteiger partial charge in [0, 0.05) is 25.2 Å². The van der Waals surface area contributed by atoms with E-state index in [1.165, 1.54) is 0 Å². The second-order valence-corrected chi connectivity index (χ2v) is 4.61. The SMILES string of the molecule is CC(C)N(CCNC1COC1)C(C)C. The topological polar surface area (TPSA) is 24.5 Å². The predicted molar refractivity (Wildman–Crippen MR) is 59.6 cm³/mol. The van der Waals surface area contributed by atoms with Crippen LogP contribution >= 0.6 is 0 Å². The number of hydrogen-bond acceptors (Lipinski definition) is 3. The van der Waals surface area contributed by atoms with Crippen LogP contribution in [0.4, 0.5) is 0 Å². The largest absolute Gasteiger partial charge is 0.378 e. The summed E-state index contributed by atoms with van der Waals surface area (Å²) in [5.74, 6) is 0. The number of rotatable bonds is 6. The molecule has 0 unspecified atom stereocenters. The maximum Gasteiger partial charge on any atom is 0.0643 e. The lowest BCUT2D eigenvalue weighted by molar-refractivity contribution is -0.00638. The van der Waals surface area contributed by atoms with Crippen LogP contribution in [0.5, 0.6) is 0 Å². The van der Waals surface area contributed by atoms with E-state index in [0.29, 0.717) is 18.1 Å². The molecule has 0 radical (unpaired) electrons. The summed E-state index contributed by atoms with van der Waals surface area (Å²) >= 11 is 0. The molecule has 0 spiro atoms. The molecule has 3 nitrogen and oxygen atoms in total. The third-order valence-electron chi connectivity index (χ3n) is 2.77. The zero-order valence-electron chi connectivity index (χ0n) is 9.92. The van der Waals surface area contributed by atoms with Gasteiger partial charge in [-0.05, 0) is 27.7 Å². The third kappa shape index (κ3) is 3.56. The van der Waals surface area contributed by atoms with E-state index < -0.39 is 0 Å². The lowest BCUT2D eigenvalue weighted by Gasteiger charge is -2.32. The smallest absolute Gasteiger partial charge is 0.0643 e. The van der Waals surface area contributed by atoms with E-state index in [4.69, 9.17) is 4.74 Å². The van der Waals surface area contributed by atoms with Crippen molar-refractivity contribution in [1.29, 1.82) is 0 Å². The molecule has 1 saturated heterocycles. The fourth-order valence-electron chi connectivity index (χ4n) is 1.86. The van der Waals surface area contributed by atoms with E-state index in [-0.39, 0.29) is 0 Å². The fraction of sp³-hybridized carbons (Fsp3) is 1.00. The summed E-state index contributed by atoms with van der Waals surface area (Å²) in [6.45, 7) is 13.0.